The number of esters is 1. The highest BCUT2D eigenvalue weighted by molar-refractivity contribution is 5.86. The number of hydrogen-bond acceptors (Lipinski definition) is 4. The van der Waals surface area contributed by atoms with Crippen LogP contribution in [-0.2, 0) is 14.3 Å². The Morgan fingerprint density at radius 2 is 2.13 bits per heavy atom. The van der Waals surface area contributed by atoms with Crippen molar-refractivity contribution < 1.29 is 14.3 Å². The van der Waals surface area contributed by atoms with Crippen molar-refractivity contribution in [2.45, 2.75) is 32.8 Å². The van der Waals surface area contributed by atoms with Gasteiger partial charge in [-0.15, -0.1) is 0 Å². The molecular formula is C11H17NO3. The molecule has 0 atom stereocenters. The molecule has 0 amide bonds. The topological polar surface area (TPSA) is 59.3 Å². The molecule has 0 bridgehead atoms. The van der Waals surface area contributed by atoms with Crippen molar-refractivity contribution in [3.8, 4) is 6.07 Å². The molecular weight excluding hydrogens is 194 g/mol. The summed E-state index contributed by atoms with van der Waals surface area (Å²) in [5.74, 6) is -0.424. The predicted molar refractivity (Wildman–Crippen MR) is 56.0 cm³/mol. The summed E-state index contributed by atoms with van der Waals surface area (Å²) in [6, 6.07) is 1.98. The minimum absolute atomic E-state index is 0.157. The lowest BCUT2D eigenvalue weighted by Gasteiger charge is -2.24. The summed E-state index contributed by atoms with van der Waals surface area (Å²) in [5, 5.41) is 8.33. The van der Waals surface area contributed by atoms with Gasteiger partial charge in [0.15, 0.2) is 0 Å². The van der Waals surface area contributed by atoms with Crippen molar-refractivity contribution in [2.75, 3.05) is 13.2 Å². The second-order valence-electron chi connectivity index (χ2n) is 3.87. The van der Waals surface area contributed by atoms with Crippen LogP contribution in [0.4, 0.5) is 0 Å². The highest BCUT2D eigenvalue weighted by Crippen LogP contribution is 2.10. The number of carbonyl (C=O) groups is 1. The fourth-order valence-corrected chi connectivity index (χ4v) is 0.777. The van der Waals surface area contributed by atoms with Gasteiger partial charge in [-0.3, -0.25) is 0 Å². The summed E-state index contributed by atoms with van der Waals surface area (Å²) in [5.41, 5.74) is -0.204. The van der Waals surface area contributed by atoms with E-state index in [9.17, 15) is 4.79 Å². The highest BCUT2D eigenvalue weighted by atomic mass is 16.6. The molecule has 0 saturated heterocycles. The lowest BCUT2D eigenvalue weighted by molar-refractivity contribution is -0.148. The molecule has 0 rings (SSSR count). The monoisotopic (exact) mass is 211 g/mol. The van der Waals surface area contributed by atoms with Crippen LogP contribution in [0, 0.1) is 11.3 Å². The zero-order valence-corrected chi connectivity index (χ0v) is 9.50. The van der Waals surface area contributed by atoms with Crippen LogP contribution in [0.2, 0.25) is 0 Å². The third-order valence-corrected chi connectivity index (χ3v) is 1.61. The van der Waals surface area contributed by atoms with E-state index in [1.165, 1.54) is 0 Å². The molecule has 0 fully saturated rings. The van der Waals surface area contributed by atoms with E-state index in [0.29, 0.717) is 18.6 Å². The van der Waals surface area contributed by atoms with E-state index < -0.39 is 11.6 Å². The summed E-state index contributed by atoms with van der Waals surface area (Å²) < 4.78 is 10.3. The SMILES string of the molecule is C=C(C)C(=O)OCC(C)(C)OCCC#N. The molecule has 0 unspecified atom stereocenters. The van der Waals surface area contributed by atoms with Gasteiger partial charge in [0.1, 0.15) is 6.61 Å². The van der Waals surface area contributed by atoms with Gasteiger partial charge in [0.2, 0.25) is 0 Å². The molecule has 0 heterocycles. The van der Waals surface area contributed by atoms with E-state index in [2.05, 4.69) is 6.58 Å². The average Bonchev–Trinajstić information content (AvgIpc) is 2.14. The standard InChI is InChI=1S/C11H17NO3/c1-9(2)10(13)14-8-11(3,4)15-7-5-6-12/h1,5,7-8H2,2-4H3. The van der Waals surface area contributed by atoms with Crippen LogP contribution < -0.4 is 0 Å². The van der Waals surface area contributed by atoms with Crippen LogP contribution in [0.1, 0.15) is 27.2 Å². The van der Waals surface area contributed by atoms with Crippen LogP contribution in [-0.4, -0.2) is 24.8 Å². The van der Waals surface area contributed by atoms with E-state index >= 15 is 0 Å². The highest BCUT2D eigenvalue weighted by Gasteiger charge is 2.20. The Labute approximate surface area is 90.5 Å². The lowest BCUT2D eigenvalue weighted by Crippen LogP contribution is -2.32. The summed E-state index contributed by atoms with van der Waals surface area (Å²) in [6.07, 6.45) is 0.331. The van der Waals surface area contributed by atoms with Crippen molar-refractivity contribution >= 4 is 5.97 Å². The van der Waals surface area contributed by atoms with Gasteiger partial charge in [-0.25, -0.2) is 4.79 Å². The van der Waals surface area contributed by atoms with Gasteiger partial charge < -0.3 is 9.47 Å². The van der Waals surface area contributed by atoms with Gasteiger partial charge in [-0.2, -0.15) is 5.26 Å². The van der Waals surface area contributed by atoms with E-state index in [1.807, 2.05) is 6.07 Å². The van der Waals surface area contributed by atoms with Gasteiger partial charge >= 0.3 is 5.97 Å². The first-order valence-corrected chi connectivity index (χ1v) is 4.72. The normalized spacial score (nSPS) is 10.5. The fraction of sp³-hybridized carbons (Fsp3) is 0.636. The maximum atomic E-state index is 11.1. The minimum atomic E-state index is -0.567. The van der Waals surface area contributed by atoms with E-state index in [-0.39, 0.29) is 6.61 Å². The smallest absolute Gasteiger partial charge is 0.333 e. The van der Waals surface area contributed by atoms with Crippen LogP contribution in [0.5, 0.6) is 0 Å². The van der Waals surface area contributed by atoms with Gasteiger partial charge in [0.25, 0.3) is 0 Å². The molecule has 0 aromatic heterocycles. The van der Waals surface area contributed by atoms with Crippen LogP contribution in [0.3, 0.4) is 0 Å². The molecule has 0 saturated carbocycles. The fourth-order valence-electron chi connectivity index (χ4n) is 0.777. The van der Waals surface area contributed by atoms with Crippen molar-refractivity contribution in [2.24, 2.45) is 0 Å². The number of nitriles is 1. The van der Waals surface area contributed by atoms with Gasteiger partial charge in [-0.1, -0.05) is 6.58 Å². The first-order chi connectivity index (χ1) is 6.89. The molecule has 0 spiro atoms. The van der Waals surface area contributed by atoms with Crippen molar-refractivity contribution in [3.63, 3.8) is 0 Å². The minimum Gasteiger partial charge on any atom is -0.459 e. The largest absolute Gasteiger partial charge is 0.459 e. The summed E-state index contributed by atoms with van der Waals surface area (Å²) in [6.45, 7) is 9.16. The molecule has 0 aromatic carbocycles. The number of carbonyl (C=O) groups excluding carboxylic acids is 1. The summed E-state index contributed by atoms with van der Waals surface area (Å²) in [4.78, 5) is 11.1. The maximum absolute atomic E-state index is 11.1. The van der Waals surface area contributed by atoms with Gasteiger partial charge in [-0.05, 0) is 20.8 Å². The van der Waals surface area contributed by atoms with E-state index in [0.717, 1.165) is 0 Å². The van der Waals surface area contributed by atoms with Crippen LogP contribution >= 0.6 is 0 Å². The molecule has 0 aliphatic heterocycles. The predicted octanol–water partition coefficient (Wildman–Crippen LogP) is 1.81. The molecule has 4 nitrogen and oxygen atoms in total. The molecule has 4 heteroatoms. The van der Waals surface area contributed by atoms with Crippen molar-refractivity contribution in [1.82, 2.24) is 0 Å². The zero-order valence-electron chi connectivity index (χ0n) is 9.50. The number of hydrogen-bond donors (Lipinski definition) is 0. The molecule has 0 aliphatic carbocycles. The second-order valence-corrected chi connectivity index (χ2v) is 3.87. The average molecular weight is 211 g/mol. The third-order valence-electron chi connectivity index (χ3n) is 1.61. The molecule has 15 heavy (non-hydrogen) atoms. The lowest BCUT2D eigenvalue weighted by atomic mass is 10.1. The van der Waals surface area contributed by atoms with Gasteiger partial charge in [0.05, 0.1) is 24.7 Å². The Kier molecular flexibility index (Phi) is 5.65. The van der Waals surface area contributed by atoms with Gasteiger partial charge in [0, 0.05) is 5.57 Å². The van der Waals surface area contributed by atoms with Crippen molar-refractivity contribution in [3.05, 3.63) is 12.2 Å². The quantitative estimate of drug-likeness (QED) is 0.382. The van der Waals surface area contributed by atoms with E-state index in [1.54, 1.807) is 20.8 Å². The van der Waals surface area contributed by atoms with E-state index in [4.69, 9.17) is 14.7 Å². The Morgan fingerprint density at radius 1 is 1.53 bits per heavy atom. The van der Waals surface area contributed by atoms with Crippen LogP contribution in [0.15, 0.2) is 12.2 Å². The first kappa shape index (κ1) is 13.7. The van der Waals surface area contributed by atoms with Crippen LogP contribution in [0.25, 0.3) is 0 Å². The molecule has 84 valence electrons. The number of nitrogens with zero attached hydrogens (tertiary/aromatic N) is 1. The Bertz CT molecular complexity index is 276. The number of ether oxygens (including phenoxy) is 2. The molecule has 0 N–H and O–H groups in total. The molecule has 0 aromatic rings. The maximum Gasteiger partial charge on any atom is 0.333 e. The Morgan fingerprint density at radius 3 is 2.60 bits per heavy atom. The third kappa shape index (κ3) is 6.69. The summed E-state index contributed by atoms with van der Waals surface area (Å²) >= 11 is 0. The Hall–Kier alpha value is -1.34. The van der Waals surface area contributed by atoms with Crippen molar-refractivity contribution in [1.29, 1.82) is 5.26 Å². The molecule has 0 radical (unpaired) electrons. The molecule has 0 aliphatic rings. The first-order valence-electron chi connectivity index (χ1n) is 4.72. The Balaban J connectivity index is 3.88. The number of rotatable bonds is 6. The zero-order chi connectivity index (χ0) is 11.9. The summed E-state index contributed by atoms with van der Waals surface area (Å²) in [7, 11) is 0. The second kappa shape index (κ2) is 6.20.